The Morgan fingerprint density at radius 2 is 1.74 bits per heavy atom. The molecule has 1 aromatic rings. The first-order chi connectivity index (χ1) is 9.09. The summed E-state index contributed by atoms with van der Waals surface area (Å²) in [7, 11) is 0. The zero-order chi connectivity index (χ0) is 13.8. The van der Waals surface area contributed by atoms with Crippen LogP contribution in [0.25, 0.3) is 0 Å². The van der Waals surface area contributed by atoms with Crippen LogP contribution < -0.4 is 4.90 Å². The second-order valence-electron chi connectivity index (χ2n) is 4.69. The van der Waals surface area contributed by atoms with Crippen LogP contribution >= 0.6 is 0 Å². The van der Waals surface area contributed by atoms with Gasteiger partial charge in [0, 0.05) is 38.6 Å². The van der Waals surface area contributed by atoms with Gasteiger partial charge in [-0.25, -0.2) is 9.97 Å². The molecule has 0 spiro atoms. The number of hydrogen-bond donors (Lipinski definition) is 0. The van der Waals surface area contributed by atoms with E-state index in [0.29, 0.717) is 32.1 Å². The number of aromatic nitrogens is 2. The van der Waals surface area contributed by atoms with E-state index in [2.05, 4.69) is 9.97 Å². The number of anilines is 1. The summed E-state index contributed by atoms with van der Waals surface area (Å²) >= 11 is 0. The molecule has 0 unspecified atom stereocenters. The zero-order valence-electron chi connectivity index (χ0n) is 11.2. The lowest BCUT2D eigenvalue weighted by molar-refractivity contribution is -0.140. The fourth-order valence-corrected chi connectivity index (χ4v) is 2.03. The molecule has 19 heavy (non-hydrogen) atoms. The van der Waals surface area contributed by atoms with E-state index < -0.39 is 5.92 Å². The predicted octanol–water partition coefficient (Wildman–Crippen LogP) is 0.350. The molecule has 0 bridgehead atoms. The van der Waals surface area contributed by atoms with Gasteiger partial charge in [0.05, 0.1) is 5.92 Å². The third kappa shape index (κ3) is 3.07. The molecule has 6 nitrogen and oxygen atoms in total. The van der Waals surface area contributed by atoms with Gasteiger partial charge in [-0.1, -0.05) is 0 Å². The Hall–Kier alpha value is -1.98. The van der Waals surface area contributed by atoms with Gasteiger partial charge < -0.3 is 9.80 Å². The second kappa shape index (κ2) is 5.77. The molecule has 1 atom stereocenters. The first kappa shape index (κ1) is 13.5. The van der Waals surface area contributed by atoms with Crippen molar-refractivity contribution in [2.24, 2.45) is 5.92 Å². The van der Waals surface area contributed by atoms with E-state index in [1.54, 1.807) is 30.3 Å². The highest BCUT2D eigenvalue weighted by Crippen LogP contribution is 2.12. The van der Waals surface area contributed by atoms with Crippen molar-refractivity contribution in [2.75, 3.05) is 31.1 Å². The SMILES string of the molecule is CC(=O)[C@@H](C)C(=O)N1CCN(c2ncccn2)CC1. The van der Waals surface area contributed by atoms with Gasteiger partial charge in [0.1, 0.15) is 5.78 Å². The van der Waals surface area contributed by atoms with Crippen LogP contribution in [0, 0.1) is 5.92 Å². The van der Waals surface area contributed by atoms with E-state index >= 15 is 0 Å². The van der Waals surface area contributed by atoms with Crippen LogP contribution in [-0.4, -0.2) is 52.7 Å². The van der Waals surface area contributed by atoms with Gasteiger partial charge in [-0.2, -0.15) is 0 Å². The molecule has 1 fully saturated rings. The molecular formula is C13H18N4O2. The van der Waals surface area contributed by atoms with E-state index in [9.17, 15) is 9.59 Å². The number of nitrogens with zero attached hydrogens (tertiary/aromatic N) is 4. The minimum atomic E-state index is -0.542. The van der Waals surface area contributed by atoms with Gasteiger partial charge in [-0.15, -0.1) is 0 Å². The Bertz CT molecular complexity index is 455. The quantitative estimate of drug-likeness (QED) is 0.735. The molecule has 0 N–H and O–H groups in total. The number of piperazine rings is 1. The van der Waals surface area contributed by atoms with Crippen molar-refractivity contribution in [3.63, 3.8) is 0 Å². The normalized spacial score (nSPS) is 17.2. The number of ketones is 1. The standard InChI is InChI=1S/C13H18N4O2/c1-10(11(2)18)12(19)16-6-8-17(9-7-16)13-14-4-3-5-15-13/h3-5,10H,6-9H2,1-2H3/t10-/m1/s1. The second-order valence-corrected chi connectivity index (χ2v) is 4.69. The molecule has 0 radical (unpaired) electrons. The van der Waals surface area contributed by atoms with Crippen molar-refractivity contribution < 1.29 is 9.59 Å². The molecular weight excluding hydrogens is 244 g/mol. The van der Waals surface area contributed by atoms with E-state index in [0.717, 1.165) is 0 Å². The first-order valence-electron chi connectivity index (χ1n) is 6.41. The van der Waals surface area contributed by atoms with E-state index in [4.69, 9.17) is 0 Å². The van der Waals surface area contributed by atoms with E-state index in [1.165, 1.54) is 6.92 Å². The van der Waals surface area contributed by atoms with Gasteiger partial charge in [-0.3, -0.25) is 9.59 Å². The van der Waals surface area contributed by atoms with Gasteiger partial charge in [0.15, 0.2) is 0 Å². The molecule has 2 heterocycles. The highest BCUT2D eigenvalue weighted by molar-refractivity contribution is 5.99. The topological polar surface area (TPSA) is 66.4 Å². The van der Waals surface area contributed by atoms with Gasteiger partial charge in [-0.05, 0) is 19.9 Å². The van der Waals surface area contributed by atoms with Crippen LogP contribution in [0.1, 0.15) is 13.8 Å². The van der Waals surface area contributed by atoms with Crippen molar-refractivity contribution in [3.8, 4) is 0 Å². The summed E-state index contributed by atoms with van der Waals surface area (Å²) in [5.74, 6) is -0.0197. The van der Waals surface area contributed by atoms with Crippen molar-refractivity contribution in [2.45, 2.75) is 13.8 Å². The van der Waals surface area contributed by atoms with Crippen molar-refractivity contribution in [1.29, 1.82) is 0 Å². The van der Waals surface area contributed by atoms with Crippen LogP contribution in [0.4, 0.5) is 5.95 Å². The fourth-order valence-electron chi connectivity index (χ4n) is 2.03. The third-order valence-electron chi connectivity index (χ3n) is 3.41. The van der Waals surface area contributed by atoms with E-state index in [-0.39, 0.29) is 11.7 Å². The summed E-state index contributed by atoms with van der Waals surface area (Å²) in [5, 5.41) is 0. The summed E-state index contributed by atoms with van der Waals surface area (Å²) in [5.41, 5.74) is 0. The number of hydrogen-bond acceptors (Lipinski definition) is 5. The number of carbonyl (C=O) groups excluding carboxylic acids is 2. The Labute approximate surface area is 112 Å². The summed E-state index contributed by atoms with van der Waals surface area (Å²) in [6.07, 6.45) is 3.41. The molecule has 0 aromatic carbocycles. The predicted molar refractivity (Wildman–Crippen MR) is 70.7 cm³/mol. The third-order valence-corrected chi connectivity index (χ3v) is 3.41. The van der Waals surface area contributed by atoms with E-state index in [1.807, 2.05) is 4.90 Å². The summed E-state index contributed by atoms with van der Waals surface area (Å²) in [4.78, 5) is 35.4. The highest BCUT2D eigenvalue weighted by atomic mass is 16.2. The van der Waals surface area contributed by atoms with Gasteiger partial charge in [0.2, 0.25) is 11.9 Å². The monoisotopic (exact) mass is 262 g/mol. The number of Topliss-reactive ketones (excluding diaryl/α,β-unsaturated/α-hetero) is 1. The minimum Gasteiger partial charge on any atom is -0.339 e. The summed E-state index contributed by atoms with van der Waals surface area (Å²) in [6, 6.07) is 1.78. The smallest absolute Gasteiger partial charge is 0.232 e. The Morgan fingerprint density at radius 1 is 1.16 bits per heavy atom. The largest absolute Gasteiger partial charge is 0.339 e. The Balaban J connectivity index is 1.93. The Morgan fingerprint density at radius 3 is 2.26 bits per heavy atom. The fraction of sp³-hybridized carbons (Fsp3) is 0.538. The van der Waals surface area contributed by atoms with Crippen LogP contribution in [0.15, 0.2) is 18.5 Å². The Kier molecular flexibility index (Phi) is 4.09. The lowest BCUT2D eigenvalue weighted by Crippen LogP contribution is -2.51. The first-order valence-corrected chi connectivity index (χ1v) is 6.41. The molecule has 6 heteroatoms. The van der Waals surface area contributed by atoms with Crippen LogP contribution in [0.5, 0.6) is 0 Å². The molecule has 1 saturated heterocycles. The lowest BCUT2D eigenvalue weighted by Gasteiger charge is -2.35. The number of carbonyl (C=O) groups is 2. The molecule has 0 saturated carbocycles. The minimum absolute atomic E-state index is 0.0823. The zero-order valence-corrected chi connectivity index (χ0v) is 11.2. The van der Waals surface area contributed by atoms with Crippen LogP contribution in [0.2, 0.25) is 0 Å². The molecule has 1 amide bonds. The lowest BCUT2D eigenvalue weighted by atomic mass is 10.1. The molecule has 102 valence electrons. The van der Waals surface area contributed by atoms with Gasteiger partial charge >= 0.3 is 0 Å². The highest BCUT2D eigenvalue weighted by Gasteiger charge is 2.27. The summed E-state index contributed by atoms with van der Waals surface area (Å²) < 4.78 is 0. The number of amides is 1. The number of rotatable bonds is 3. The maximum Gasteiger partial charge on any atom is 0.232 e. The maximum absolute atomic E-state index is 12.0. The average Bonchev–Trinajstić information content (AvgIpc) is 2.46. The molecule has 1 aliphatic rings. The van der Waals surface area contributed by atoms with Crippen molar-refractivity contribution in [3.05, 3.63) is 18.5 Å². The van der Waals surface area contributed by atoms with Gasteiger partial charge in [0.25, 0.3) is 0 Å². The molecule has 2 rings (SSSR count). The average molecular weight is 262 g/mol. The van der Waals surface area contributed by atoms with Crippen LogP contribution in [-0.2, 0) is 9.59 Å². The van der Waals surface area contributed by atoms with Crippen molar-refractivity contribution in [1.82, 2.24) is 14.9 Å². The van der Waals surface area contributed by atoms with Crippen LogP contribution in [0.3, 0.4) is 0 Å². The summed E-state index contributed by atoms with van der Waals surface area (Å²) in [6.45, 7) is 5.72. The van der Waals surface area contributed by atoms with Crippen molar-refractivity contribution >= 4 is 17.6 Å². The molecule has 0 aliphatic carbocycles. The molecule has 1 aromatic heterocycles. The maximum atomic E-state index is 12.0. The molecule has 1 aliphatic heterocycles.